The number of piperazine rings is 1. The predicted octanol–water partition coefficient (Wildman–Crippen LogP) is 1.68. The van der Waals surface area contributed by atoms with E-state index in [0.717, 1.165) is 64.0 Å². The van der Waals surface area contributed by atoms with Crippen LogP contribution in [-0.4, -0.2) is 64.1 Å². The van der Waals surface area contributed by atoms with Crippen molar-refractivity contribution in [2.45, 2.75) is 51.3 Å². The third-order valence-corrected chi connectivity index (χ3v) is 5.67. The van der Waals surface area contributed by atoms with E-state index in [9.17, 15) is 4.79 Å². The molecule has 0 spiro atoms. The summed E-state index contributed by atoms with van der Waals surface area (Å²) in [6.07, 6.45) is 8.14. The predicted molar refractivity (Wildman–Crippen MR) is 90.5 cm³/mol. The minimum absolute atomic E-state index is 0.0843. The number of aromatic nitrogens is 2. The number of rotatable bonds is 4. The van der Waals surface area contributed by atoms with Crippen LogP contribution in [0.4, 0.5) is 0 Å². The molecule has 1 aliphatic carbocycles. The Bertz CT molecular complexity index is 575. The van der Waals surface area contributed by atoms with Gasteiger partial charge in [-0.2, -0.15) is 0 Å². The standard InChI is InChI=1S/C18H28N4O2/c1-2-20-8-7-19-17(20)16-15(4-3-13-24-16)18(23)22-11-9-21(10-12-22)14-5-6-14/h7-8,14-16H,2-6,9-13H2,1H3/t15-,16-/m1/s1. The summed E-state index contributed by atoms with van der Waals surface area (Å²) < 4.78 is 8.12. The van der Waals surface area contributed by atoms with Gasteiger partial charge < -0.3 is 14.2 Å². The van der Waals surface area contributed by atoms with Crippen molar-refractivity contribution in [3.63, 3.8) is 0 Å². The molecule has 0 N–H and O–H groups in total. The highest BCUT2D eigenvalue weighted by atomic mass is 16.5. The van der Waals surface area contributed by atoms with Crippen molar-refractivity contribution in [2.75, 3.05) is 32.8 Å². The molecule has 1 saturated carbocycles. The van der Waals surface area contributed by atoms with Gasteiger partial charge in [0.2, 0.25) is 5.91 Å². The molecule has 6 heteroatoms. The van der Waals surface area contributed by atoms with Crippen LogP contribution in [0.2, 0.25) is 0 Å². The summed E-state index contributed by atoms with van der Waals surface area (Å²) in [6.45, 7) is 7.45. The van der Waals surface area contributed by atoms with Crippen molar-refractivity contribution in [2.24, 2.45) is 5.92 Å². The molecule has 132 valence electrons. The molecule has 1 aromatic rings. The summed E-state index contributed by atoms with van der Waals surface area (Å²) in [5.41, 5.74) is 0. The van der Waals surface area contributed by atoms with E-state index in [2.05, 4.69) is 26.3 Å². The number of hydrogen-bond donors (Lipinski definition) is 0. The summed E-state index contributed by atoms with van der Waals surface area (Å²) in [4.78, 5) is 22.2. The van der Waals surface area contributed by atoms with E-state index in [1.54, 1.807) is 0 Å². The molecule has 1 aromatic heterocycles. The molecule has 6 nitrogen and oxygen atoms in total. The van der Waals surface area contributed by atoms with Crippen molar-refractivity contribution >= 4 is 5.91 Å². The van der Waals surface area contributed by atoms with Crippen LogP contribution >= 0.6 is 0 Å². The molecule has 1 amide bonds. The zero-order valence-electron chi connectivity index (χ0n) is 14.6. The first-order valence-electron chi connectivity index (χ1n) is 9.43. The summed E-state index contributed by atoms with van der Waals surface area (Å²) in [7, 11) is 0. The number of nitrogens with zero attached hydrogens (tertiary/aromatic N) is 4. The maximum atomic E-state index is 13.1. The van der Waals surface area contributed by atoms with Gasteiger partial charge in [-0.05, 0) is 32.6 Å². The van der Waals surface area contributed by atoms with E-state index >= 15 is 0 Å². The number of carbonyl (C=O) groups is 1. The fourth-order valence-corrected chi connectivity index (χ4v) is 4.12. The molecular weight excluding hydrogens is 304 g/mol. The topological polar surface area (TPSA) is 50.6 Å². The van der Waals surface area contributed by atoms with E-state index < -0.39 is 0 Å². The van der Waals surface area contributed by atoms with Crippen molar-refractivity contribution in [3.8, 4) is 0 Å². The van der Waals surface area contributed by atoms with Crippen molar-refractivity contribution in [1.29, 1.82) is 0 Å². The van der Waals surface area contributed by atoms with Gasteiger partial charge in [0, 0.05) is 57.8 Å². The highest BCUT2D eigenvalue weighted by Gasteiger charge is 2.39. The fourth-order valence-electron chi connectivity index (χ4n) is 4.12. The van der Waals surface area contributed by atoms with E-state index in [1.807, 2.05) is 12.4 Å². The number of imidazole rings is 1. The number of hydrogen-bond acceptors (Lipinski definition) is 4. The van der Waals surface area contributed by atoms with Crippen LogP contribution in [0.25, 0.3) is 0 Å². The van der Waals surface area contributed by atoms with Gasteiger partial charge >= 0.3 is 0 Å². The molecule has 2 atom stereocenters. The van der Waals surface area contributed by atoms with E-state index in [-0.39, 0.29) is 17.9 Å². The molecule has 3 aliphatic rings. The van der Waals surface area contributed by atoms with Crippen LogP contribution in [0.15, 0.2) is 12.4 Å². The zero-order valence-corrected chi connectivity index (χ0v) is 14.6. The number of carbonyl (C=O) groups excluding carboxylic acids is 1. The van der Waals surface area contributed by atoms with E-state index in [4.69, 9.17) is 4.74 Å². The Labute approximate surface area is 143 Å². The van der Waals surface area contributed by atoms with Crippen molar-refractivity contribution in [3.05, 3.63) is 18.2 Å². The Balaban J connectivity index is 1.45. The minimum Gasteiger partial charge on any atom is -0.369 e. The van der Waals surface area contributed by atoms with Crippen LogP contribution < -0.4 is 0 Å². The number of amides is 1. The summed E-state index contributed by atoms with van der Waals surface area (Å²) in [6, 6.07) is 0.796. The van der Waals surface area contributed by atoms with Crippen molar-refractivity contribution < 1.29 is 9.53 Å². The Morgan fingerprint density at radius 2 is 2.04 bits per heavy atom. The Morgan fingerprint density at radius 1 is 1.25 bits per heavy atom. The molecule has 0 radical (unpaired) electrons. The van der Waals surface area contributed by atoms with Crippen molar-refractivity contribution in [1.82, 2.24) is 19.4 Å². The first-order chi connectivity index (χ1) is 11.8. The van der Waals surface area contributed by atoms with Gasteiger partial charge in [0.25, 0.3) is 0 Å². The monoisotopic (exact) mass is 332 g/mol. The second kappa shape index (κ2) is 6.84. The molecule has 0 unspecified atom stereocenters. The Hall–Kier alpha value is -1.40. The number of ether oxygens (including phenoxy) is 1. The van der Waals surface area contributed by atoms with Gasteiger partial charge in [-0.1, -0.05) is 0 Å². The van der Waals surface area contributed by atoms with Gasteiger partial charge in [0.15, 0.2) is 0 Å². The van der Waals surface area contributed by atoms with E-state index in [1.165, 1.54) is 12.8 Å². The first-order valence-corrected chi connectivity index (χ1v) is 9.43. The zero-order chi connectivity index (χ0) is 16.5. The van der Waals surface area contributed by atoms with Gasteiger partial charge in [-0.3, -0.25) is 9.69 Å². The van der Waals surface area contributed by atoms with Gasteiger partial charge in [0.1, 0.15) is 11.9 Å². The lowest BCUT2D eigenvalue weighted by Gasteiger charge is -2.39. The second-order valence-electron chi connectivity index (χ2n) is 7.20. The molecule has 4 rings (SSSR count). The van der Waals surface area contributed by atoms with Crippen LogP contribution in [0, 0.1) is 5.92 Å². The fraction of sp³-hybridized carbons (Fsp3) is 0.778. The molecule has 2 saturated heterocycles. The van der Waals surface area contributed by atoms with Crippen LogP contribution in [-0.2, 0) is 16.1 Å². The largest absolute Gasteiger partial charge is 0.369 e. The molecule has 3 heterocycles. The molecule has 0 aromatic carbocycles. The summed E-state index contributed by atoms with van der Waals surface area (Å²) >= 11 is 0. The van der Waals surface area contributed by atoms with Gasteiger partial charge in [0.05, 0.1) is 5.92 Å². The van der Waals surface area contributed by atoms with Gasteiger partial charge in [-0.25, -0.2) is 4.98 Å². The lowest BCUT2D eigenvalue weighted by Crippen LogP contribution is -2.52. The van der Waals surface area contributed by atoms with Crippen LogP contribution in [0.3, 0.4) is 0 Å². The first kappa shape index (κ1) is 16.1. The maximum Gasteiger partial charge on any atom is 0.228 e. The SMILES string of the molecule is CCn1ccnc1[C@@H]1OCCC[C@H]1C(=O)N1CCN(C2CC2)CC1. The molecular formula is C18H28N4O2. The highest BCUT2D eigenvalue weighted by molar-refractivity contribution is 5.79. The normalized spacial score (nSPS) is 29.0. The number of aryl methyl sites for hydroxylation is 1. The van der Waals surface area contributed by atoms with Crippen LogP contribution in [0.1, 0.15) is 44.5 Å². The average Bonchev–Trinajstić information content (AvgIpc) is 3.38. The molecule has 24 heavy (non-hydrogen) atoms. The summed E-state index contributed by atoms with van der Waals surface area (Å²) in [5.74, 6) is 1.09. The minimum atomic E-state index is -0.192. The van der Waals surface area contributed by atoms with Crippen LogP contribution in [0.5, 0.6) is 0 Å². The van der Waals surface area contributed by atoms with E-state index in [0.29, 0.717) is 0 Å². The third kappa shape index (κ3) is 3.09. The summed E-state index contributed by atoms with van der Waals surface area (Å²) in [5, 5.41) is 0. The Kier molecular flexibility index (Phi) is 4.59. The average molecular weight is 332 g/mol. The highest BCUT2D eigenvalue weighted by Crippen LogP contribution is 2.35. The van der Waals surface area contributed by atoms with Gasteiger partial charge in [-0.15, -0.1) is 0 Å². The molecule has 0 bridgehead atoms. The quantitative estimate of drug-likeness (QED) is 0.842. The molecule has 2 aliphatic heterocycles. The lowest BCUT2D eigenvalue weighted by atomic mass is 9.91. The smallest absolute Gasteiger partial charge is 0.228 e. The third-order valence-electron chi connectivity index (χ3n) is 5.67. The molecule has 3 fully saturated rings. The lowest BCUT2D eigenvalue weighted by molar-refractivity contribution is -0.148. The maximum absolute atomic E-state index is 13.1. The second-order valence-corrected chi connectivity index (χ2v) is 7.20. The Morgan fingerprint density at radius 3 is 2.75 bits per heavy atom.